The van der Waals surface area contributed by atoms with Crippen LogP contribution in [0.15, 0.2) is 30.3 Å². The number of benzene rings is 1. The normalized spacial score (nSPS) is 12.4. The second kappa shape index (κ2) is 7.77. The molecule has 0 heterocycles. The van der Waals surface area contributed by atoms with E-state index in [2.05, 4.69) is 0 Å². The first-order chi connectivity index (χ1) is 9.76. The van der Waals surface area contributed by atoms with E-state index < -0.39 is 37.8 Å². The summed E-state index contributed by atoms with van der Waals surface area (Å²) in [6.45, 7) is -1.34. The largest absolute Gasteiger partial charge is 0.282 e. The molecule has 0 fully saturated rings. The number of rotatable bonds is 8. The number of halogens is 5. The highest BCUT2D eigenvalue weighted by Crippen LogP contribution is 2.36. The summed E-state index contributed by atoms with van der Waals surface area (Å²) in [5.41, 5.74) is 0.369. The SMILES string of the molecule is O=C(SCCC(F)(F)CC(F)(F)CCF)c1ccccc1. The molecule has 0 spiro atoms. The van der Waals surface area contributed by atoms with Gasteiger partial charge in [-0.3, -0.25) is 9.18 Å². The minimum atomic E-state index is -3.73. The van der Waals surface area contributed by atoms with Gasteiger partial charge in [-0.15, -0.1) is 0 Å². The lowest BCUT2D eigenvalue weighted by atomic mass is 10.1. The molecule has 21 heavy (non-hydrogen) atoms. The molecule has 118 valence electrons. The van der Waals surface area contributed by atoms with Crippen LogP contribution in [0.3, 0.4) is 0 Å². The average molecular weight is 326 g/mol. The molecule has 0 amide bonds. The Bertz CT molecular complexity index is 450. The van der Waals surface area contributed by atoms with E-state index in [0.717, 1.165) is 0 Å². The van der Waals surface area contributed by atoms with Crippen LogP contribution < -0.4 is 0 Å². The first-order valence-electron chi connectivity index (χ1n) is 6.30. The summed E-state index contributed by atoms with van der Waals surface area (Å²) in [4.78, 5) is 11.6. The van der Waals surface area contributed by atoms with Crippen molar-refractivity contribution in [1.82, 2.24) is 0 Å². The van der Waals surface area contributed by atoms with E-state index in [-0.39, 0.29) is 10.9 Å². The maximum absolute atomic E-state index is 13.4. The molecule has 0 aliphatic rings. The highest BCUT2D eigenvalue weighted by Gasteiger charge is 2.42. The zero-order chi connectivity index (χ0) is 15.9. The molecule has 1 rings (SSSR count). The predicted octanol–water partition coefficient (Wildman–Crippen LogP) is 4.97. The Morgan fingerprint density at radius 2 is 1.57 bits per heavy atom. The van der Waals surface area contributed by atoms with Gasteiger partial charge in [-0.25, -0.2) is 17.6 Å². The minimum absolute atomic E-state index is 0.271. The van der Waals surface area contributed by atoms with Crippen molar-refractivity contribution in [2.45, 2.75) is 31.1 Å². The topological polar surface area (TPSA) is 17.1 Å². The molecule has 1 nitrogen and oxygen atoms in total. The third-order valence-corrected chi connectivity index (χ3v) is 3.59. The molecule has 0 aliphatic heterocycles. The summed E-state index contributed by atoms with van der Waals surface area (Å²) in [5, 5.41) is -0.387. The molecule has 7 heteroatoms. The molecule has 0 aromatic heterocycles. The number of alkyl halides is 5. The van der Waals surface area contributed by atoms with E-state index in [1.54, 1.807) is 30.3 Å². The Balaban J connectivity index is 2.42. The van der Waals surface area contributed by atoms with Gasteiger partial charge in [0.1, 0.15) is 0 Å². The van der Waals surface area contributed by atoms with Crippen LogP contribution in [-0.4, -0.2) is 29.4 Å². The Morgan fingerprint density at radius 1 is 1.00 bits per heavy atom. The van der Waals surface area contributed by atoms with Crippen LogP contribution in [0, 0.1) is 0 Å². The van der Waals surface area contributed by atoms with Crippen LogP contribution in [0.1, 0.15) is 29.6 Å². The quantitative estimate of drug-likeness (QED) is 0.627. The van der Waals surface area contributed by atoms with Crippen LogP contribution in [0.25, 0.3) is 0 Å². The fourth-order valence-electron chi connectivity index (χ4n) is 1.64. The van der Waals surface area contributed by atoms with Gasteiger partial charge in [0.25, 0.3) is 11.8 Å². The van der Waals surface area contributed by atoms with E-state index in [1.165, 1.54) is 0 Å². The fraction of sp³-hybridized carbons (Fsp3) is 0.500. The zero-order valence-corrected chi connectivity index (χ0v) is 11.9. The van der Waals surface area contributed by atoms with Crippen LogP contribution in [-0.2, 0) is 0 Å². The van der Waals surface area contributed by atoms with Crippen molar-refractivity contribution in [2.24, 2.45) is 0 Å². The van der Waals surface area contributed by atoms with E-state index in [9.17, 15) is 26.7 Å². The van der Waals surface area contributed by atoms with E-state index in [0.29, 0.717) is 17.3 Å². The molecule has 0 unspecified atom stereocenters. The van der Waals surface area contributed by atoms with Crippen molar-refractivity contribution in [3.05, 3.63) is 35.9 Å². The predicted molar refractivity (Wildman–Crippen MR) is 73.0 cm³/mol. The Labute approximate surface area is 123 Å². The minimum Gasteiger partial charge on any atom is -0.282 e. The smallest absolute Gasteiger partial charge is 0.256 e. The van der Waals surface area contributed by atoms with Crippen molar-refractivity contribution in [3.63, 3.8) is 0 Å². The van der Waals surface area contributed by atoms with Crippen molar-refractivity contribution < 1.29 is 26.7 Å². The van der Waals surface area contributed by atoms with Crippen molar-refractivity contribution in [3.8, 4) is 0 Å². The lowest BCUT2D eigenvalue weighted by molar-refractivity contribution is -0.116. The summed E-state index contributed by atoms with van der Waals surface area (Å²) < 4.78 is 64.5. The standard InChI is InChI=1S/C14H15F5OS/c15-8-6-13(16,17)10-14(18,19)7-9-21-12(20)11-4-2-1-3-5-11/h1-5H,6-10H2. The lowest BCUT2D eigenvalue weighted by Crippen LogP contribution is -2.30. The second-order valence-corrected chi connectivity index (χ2v) is 5.65. The monoisotopic (exact) mass is 326 g/mol. The summed E-state index contributed by atoms with van der Waals surface area (Å²) in [6, 6.07) is 8.08. The average Bonchev–Trinajstić information content (AvgIpc) is 2.37. The number of thioether (sulfide) groups is 1. The van der Waals surface area contributed by atoms with Gasteiger partial charge in [-0.05, 0) is 0 Å². The molecule has 0 saturated carbocycles. The molecule has 0 bridgehead atoms. The van der Waals surface area contributed by atoms with Crippen molar-refractivity contribution in [2.75, 3.05) is 12.4 Å². The lowest BCUT2D eigenvalue weighted by Gasteiger charge is -2.22. The van der Waals surface area contributed by atoms with Gasteiger partial charge in [-0.1, -0.05) is 42.1 Å². The number of hydrogen-bond donors (Lipinski definition) is 0. The highest BCUT2D eigenvalue weighted by atomic mass is 32.2. The van der Waals surface area contributed by atoms with Crippen LogP contribution in [0.2, 0.25) is 0 Å². The van der Waals surface area contributed by atoms with Gasteiger partial charge in [0.05, 0.1) is 13.1 Å². The summed E-state index contributed by atoms with van der Waals surface area (Å²) in [6.07, 6.45) is -3.75. The van der Waals surface area contributed by atoms with Crippen LogP contribution >= 0.6 is 11.8 Å². The third kappa shape index (κ3) is 6.93. The number of carbonyl (C=O) groups excluding carboxylic acids is 1. The second-order valence-electron chi connectivity index (χ2n) is 4.58. The molecule has 1 aromatic rings. The summed E-state index contributed by atoms with van der Waals surface area (Å²) >= 11 is 0.658. The van der Waals surface area contributed by atoms with E-state index in [4.69, 9.17) is 0 Å². The first kappa shape index (κ1) is 17.9. The Kier molecular flexibility index (Phi) is 6.64. The third-order valence-electron chi connectivity index (χ3n) is 2.69. The van der Waals surface area contributed by atoms with Crippen LogP contribution in [0.5, 0.6) is 0 Å². The van der Waals surface area contributed by atoms with Gasteiger partial charge in [0.15, 0.2) is 0 Å². The fourth-order valence-corrected chi connectivity index (χ4v) is 2.53. The number of hydrogen-bond acceptors (Lipinski definition) is 2. The molecular formula is C14H15F5OS. The summed E-state index contributed by atoms with van der Waals surface area (Å²) in [5.74, 6) is -7.62. The van der Waals surface area contributed by atoms with Crippen molar-refractivity contribution >= 4 is 16.9 Å². The molecule has 0 aliphatic carbocycles. The Morgan fingerprint density at radius 3 is 2.14 bits per heavy atom. The molecule has 0 atom stereocenters. The molecule has 1 aromatic carbocycles. The summed E-state index contributed by atoms with van der Waals surface area (Å²) in [7, 11) is 0. The van der Waals surface area contributed by atoms with Gasteiger partial charge < -0.3 is 0 Å². The first-order valence-corrected chi connectivity index (χ1v) is 7.28. The van der Waals surface area contributed by atoms with Gasteiger partial charge in [0.2, 0.25) is 5.12 Å². The zero-order valence-electron chi connectivity index (χ0n) is 11.1. The number of carbonyl (C=O) groups is 1. The Hall–Kier alpha value is -1.11. The molecule has 0 radical (unpaired) electrons. The molecule has 0 saturated heterocycles. The highest BCUT2D eigenvalue weighted by molar-refractivity contribution is 8.14. The van der Waals surface area contributed by atoms with E-state index in [1.807, 2.05) is 0 Å². The molecule has 0 N–H and O–H groups in total. The van der Waals surface area contributed by atoms with Crippen molar-refractivity contribution in [1.29, 1.82) is 0 Å². The van der Waals surface area contributed by atoms with E-state index >= 15 is 0 Å². The van der Waals surface area contributed by atoms with Crippen LogP contribution in [0.4, 0.5) is 22.0 Å². The van der Waals surface area contributed by atoms with Gasteiger partial charge in [0, 0.05) is 24.2 Å². The van der Waals surface area contributed by atoms with Gasteiger partial charge >= 0.3 is 0 Å². The maximum atomic E-state index is 13.4. The van der Waals surface area contributed by atoms with Gasteiger partial charge in [-0.2, -0.15) is 0 Å². The molecular weight excluding hydrogens is 311 g/mol. The maximum Gasteiger partial charge on any atom is 0.256 e.